The molecule has 2 aromatic carbocycles. The van der Waals surface area contributed by atoms with E-state index in [-0.39, 0.29) is 15.8 Å². The second-order valence-corrected chi connectivity index (χ2v) is 6.97. The van der Waals surface area contributed by atoms with E-state index in [4.69, 9.17) is 23.2 Å². The first-order valence-electron chi connectivity index (χ1n) is 8.24. The van der Waals surface area contributed by atoms with Crippen LogP contribution in [0, 0.1) is 0 Å². The van der Waals surface area contributed by atoms with Crippen molar-refractivity contribution >= 4 is 40.7 Å². The van der Waals surface area contributed by atoms with Crippen LogP contribution in [0.15, 0.2) is 48.5 Å². The Morgan fingerprint density at radius 1 is 0.962 bits per heavy atom. The van der Waals surface area contributed by atoms with Crippen molar-refractivity contribution < 1.29 is 5.11 Å². The van der Waals surface area contributed by atoms with E-state index in [0.717, 1.165) is 24.1 Å². The van der Waals surface area contributed by atoms with Gasteiger partial charge in [-0.3, -0.25) is 0 Å². The maximum Gasteiger partial charge on any atom is 0.225 e. The van der Waals surface area contributed by atoms with Gasteiger partial charge in [-0.25, -0.2) is 4.98 Å². The van der Waals surface area contributed by atoms with Crippen LogP contribution in [0.3, 0.4) is 0 Å². The molecule has 3 N–H and O–H groups in total. The minimum atomic E-state index is -0.136. The van der Waals surface area contributed by atoms with E-state index >= 15 is 0 Å². The lowest BCUT2D eigenvalue weighted by Crippen LogP contribution is -2.07. The lowest BCUT2D eigenvalue weighted by Gasteiger charge is -2.12. The van der Waals surface area contributed by atoms with Crippen LogP contribution in [0.25, 0.3) is 11.3 Å². The highest BCUT2D eigenvalue weighted by atomic mass is 35.5. The molecule has 0 saturated heterocycles. The number of phenolic OH excluding ortho intramolecular Hbond substituents is 1. The minimum absolute atomic E-state index is 0.136. The van der Waals surface area contributed by atoms with Crippen LogP contribution in [0.2, 0.25) is 10.0 Å². The third-order valence-electron chi connectivity index (χ3n) is 4.00. The smallest absolute Gasteiger partial charge is 0.225 e. The second kappa shape index (κ2) is 7.02. The molecule has 1 aliphatic rings. The first kappa shape index (κ1) is 16.9. The summed E-state index contributed by atoms with van der Waals surface area (Å²) in [4.78, 5) is 9.15. The quantitative estimate of drug-likeness (QED) is 0.506. The fourth-order valence-electron chi connectivity index (χ4n) is 2.53. The highest BCUT2D eigenvalue weighted by Gasteiger charge is 2.22. The Balaban J connectivity index is 1.70. The summed E-state index contributed by atoms with van der Waals surface area (Å²) in [5.74, 6) is 1.05. The standard InChI is InChI=1S/C19H16Cl2N4O/c20-14-8-13(9-15(21)18(14)26)22-17-10-16(11-4-2-1-3-5-11)24-19(25-17)23-12-6-7-12/h1-5,8-10,12,26H,6-7H2,(H2,22,23,24,25). The van der Waals surface area contributed by atoms with Gasteiger partial charge < -0.3 is 15.7 Å². The third kappa shape index (κ3) is 3.84. The number of phenols is 1. The molecule has 3 aromatic rings. The Bertz CT molecular complexity index is 923. The first-order chi connectivity index (χ1) is 12.6. The summed E-state index contributed by atoms with van der Waals surface area (Å²) in [6.07, 6.45) is 2.26. The van der Waals surface area contributed by atoms with Gasteiger partial charge in [0, 0.05) is 23.4 Å². The number of hydrogen-bond donors (Lipinski definition) is 3. The molecule has 4 rings (SSSR count). The zero-order chi connectivity index (χ0) is 18.1. The number of benzene rings is 2. The predicted molar refractivity (Wildman–Crippen MR) is 106 cm³/mol. The molecule has 0 aliphatic heterocycles. The Morgan fingerprint density at radius 3 is 2.31 bits per heavy atom. The summed E-state index contributed by atoms with van der Waals surface area (Å²) in [7, 11) is 0. The van der Waals surface area contributed by atoms with Gasteiger partial charge >= 0.3 is 0 Å². The van der Waals surface area contributed by atoms with Crippen molar-refractivity contribution in [2.24, 2.45) is 0 Å². The van der Waals surface area contributed by atoms with E-state index in [2.05, 4.69) is 20.6 Å². The Morgan fingerprint density at radius 2 is 1.65 bits per heavy atom. The summed E-state index contributed by atoms with van der Waals surface area (Å²) in [5, 5.41) is 16.6. The normalized spacial score (nSPS) is 13.5. The molecule has 0 amide bonds. The summed E-state index contributed by atoms with van der Waals surface area (Å²) < 4.78 is 0. The number of rotatable bonds is 5. The van der Waals surface area contributed by atoms with Crippen molar-refractivity contribution in [3.8, 4) is 17.0 Å². The molecular formula is C19H16Cl2N4O. The summed E-state index contributed by atoms with van der Waals surface area (Å²) in [6, 6.07) is 15.4. The number of hydrogen-bond acceptors (Lipinski definition) is 5. The fourth-order valence-corrected chi connectivity index (χ4v) is 3.02. The fraction of sp³-hybridized carbons (Fsp3) is 0.158. The van der Waals surface area contributed by atoms with Crippen molar-refractivity contribution in [3.05, 3.63) is 58.6 Å². The lowest BCUT2D eigenvalue weighted by molar-refractivity contribution is 0.476. The van der Waals surface area contributed by atoms with E-state index in [0.29, 0.717) is 23.5 Å². The van der Waals surface area contributed by atoms with Crippen LogP contribution < -0.4 is 10.6 Å². The highest BCUT2D eigenvalue weighted by Crippen LogP contribution is 2.36. The molecule has 1 aromatic heterocycles. The van der Waals surface area contributed by atoms with E-state index in [1.807, 2.05) is 36.4 Å². The molecule has 1 aliphatic carbocycles. The van der Waals surface area contributed by atoms with Crippen LogP contribution in [0.5, 0.6) is 5.75 Å². The first-order valence-corrected chi connectivity index (χ1v) is 9.00. The molecule has 1 saturated carbocycles. The summed E-state index contributed by atoms with van der Waals surface area (Å²) in [5.41, 5.74) is 2.44. The van der Waals surface area contributed by atoms with Gasteiger partial charge in [0.05, 0.1) is 15.7 Å². The van der Waals surface area contributed by atoms with Crippen molar-refractivity contribution in [1.29, 1.82) is 0 Å². The van der Waals surface area contributed by atoms with Gasteiger partial charge in [0.2, 0.25) is 5.95 Å². The van der Waals surface area contributed by atoms with E-state index < -0.39 is 0 Å². The number of aromatic nitrogens is 2. The van der Waals surface area contributed by atoms with Gasteiger partial charge in [0.25, 0.3) is 0 Å². The molecule has 0 atom stereocenters. The Labute approximate surface area is 161 Å². The number of nitrogens with one attached hydrogen (secondary N) is 2. The number of anilines is 3. The predicted octanol–water partition coefficient (Wildman–Crippen LogP) is 5.47. The monoisotopic (exact) mass is 386 g/mol. The topological polar surface area (TPSA) is 70.1 Å². The van der Waals surface area contributed by atoms with E-state index in [1.165, 1.54) is 0 Å². The second-order valence-electron chi connectivity index (χ2n) is 6.16. The largest absolute Gasteiger partial charge is 0.505 e. The average molecular weight is 387 g/mol. The molecule has 5 nitrogen and oxygen atoms in total. The number of aromatic hydroxyl groups is 1. The highest BCUT2D eigenvalue weighted by molar-refractivity contribution is 6.37. The maximum atomic E-state index is 9.71. The van der Waals surface area contributed by atoms with Crippen molar-refractivity contribution in [2.45, 2.75) is 18.9 Å². The number of nitrogens with zero attached hydrogens (tertiary/aromatic N) is 2. The van der Waals surface area contributed by atoms with Crippen LogP contribution in [-0.2, 0) is 0 Å². The van der Waals surface area contributed by atoms with Crippen molar-refractivity contribution in [1.82, 2.24) is 9.97 Å². The zero-order valence-electron chi connectivity index (χ0n) is 13.7. The molecular weight excluding hydrogens is 371 g/mol. The molecule has 7 heteroatoms. The van der Waals surface area contributed by atoms with Gasteiger partial charge in [-0.2, -0.15) is 4.98 Å². The van der Waals surface area contributed by atoms with Gasteiger partial charge in [0.1, 0.15) is 5.82 Å². The van der Waals surface area contributed by atoms with Crippen LogP contribution >= 0.6 is 23.2 Å². The molecule has 0 radical (unpaired) electrons. The lowest BCUT2D eigenvalue weighted by atomic mass is 10.1. The van der Waals surface area contributed by atoms with Gasteiger partial charge in [0.15, 0.2) is 5.75 Å². The Kier molecular flexibility index (Phi) is 4.57. The zero-order valence-corrected chi connectivity index (χ0v) is 15.2. The SMILES string of the molecule is Oc1c(Cl)cc(Nc2cc(-c3ccccc3)nc(NC3CC3)n2)cc1Cl. The van der Waals surface area contributed by atoms with E-state index in [1.54, 1.807) is 12.1 Å². The van der Waals surface area contributed by atoms with Crippen LogP contribution in [-0.4, -0.2) is 21.1 Å². The van der Waals surface area contributed by atoms with Crippen molar-refractivity contribution in [3.63, 3.8) is 0 Å². The maximum absolute atomic E-state index is 9.71. The molecule has 0 unspecified atom stereocenters. The van der Waals surface area contributed by atoms with E-state index in [9.17, 15) is 5.11 Å². The van der Waals surface area contributed by atoms with Gasteiger partial charge in [-0.15, -0.1) is 0 Å². The average Bonchev–Trinajstić information content (AvgIpc) is 3.44. The molecule has 132 valence electrons. The third-order valence-corrected chi connectivity index (χ3v) is 4.57. The molecule has 0 bridgehead atoms. The van der Waals surface area contributed by atoms with Crippen LogP contribution in [0.4, 0.5) is 17.5 Å². The van der Waals surface area contributed by atoms with Crippen molar-refractivity contribution in [2.75, 3.05) is 10.6 Å². The number of halogens is 2. The molecule has 1 heterocycles. The molecule has 1 fully saturated rings. The van der Waals surface area contributed by atoms with Crippen LogP contribution in [0.1, 0.15) is 12.8 Å². The van der Waals surface area contributed by atoms with Gasteiger partial charge in [-0.1, -0.05) is 53.5 Å². The molecule has 0 spiro atoms. The summed E-state index contributed by atoms with van der Waals surface area (Å²) in [6.45, 7) is 0. The molecule has 26 heavy (non-hydrogen) atoms. The minimum Gasteiger partial charge on any atom is -0.505 e. The summed E-state index contributed by atoms with van der Waals surface area (Å²) >= 11 is 12.0. The van der Waals surface area contributed by atoms with Gasteiger partial charge in [-0.05, 0) is 25.0 Å². The Hall–Kier alpha value is -2.50.